The van der Waals surface area contributed by atoms with Crippen LogP contribution in [0.5, 0.6) is 0 Å². The van der Waals surface area contributed by atoms with Gasteiger partial charge in [-0.25, -0.2) is 0 Å². The number of carbonyl (C=O) groups excluding carboxylic acids is 1. The summed E-state index contributed by atoms with van der Waals surface area (Å²) in [5.74, 6) is 1.31. The zero-order valence-corrected chi connectivity index (χ0v) is 11.2. The van der Waals surface area contributed by atoms with Gasteiger partial charge in [0.1, 0.15) is 5.78 Å². The summed E-state index contributed by atoms with van der Waals surface area (Å²) >= 11 is 3.44. The van der Waals surface area contributed by atoms with Gasteiger partial charge < -0.3 is 0 Å². The van der Waals surface area contributed by atoms with Crippen molar-refractivity contribution in [3.63, 3.8) is 0 Å². The number of benzene rings is 1. The van der Waals surface area contributed by atoms with Crippen molar-refractivity contribution in [2.75, 3.05) is 0 Å². The lowest BCUT2D eigenvalue weighted by atomic mass is 9.90. The topological polar surface area (TPSA) is 17.1 Å². The molecule has 2 rings (SSSR count). The van der Waals surface area contributed by atoms with E-state index in [0.717, 1.165) is 16.5 Å². The van der Waals surface area contributed by atoms with Crippen LogP contribution in [0.2, 0.25) is 0 Å². The molecule has 2 atom stereocenters. The highest BCUT2D eigenvalue weighted by molar-refractivity contribution is 9.10. The van der Waals surface area contributed by atoms with E-state index in [2.05, 4.69) is 22.9 Å². The lowest BCUT2D eigenvalue weighted by Crippen LogP contribution is -2.18. The molecule has 0 radical (unpaired) electrons. The zero-order chi connectivity index (χ0) is 11.5. The second-order valence-electron chi connectivity index (χ2n) is 4.79. The molecule has 0 bridgehead atoms. The third-order valence-corrected chi connectivity index (χ3v) is 4.04. The molecule has 1 fully saturated rings. The summed E-state index contributed by atoms with van der Waals surface area (Å²) in [7, 11) is 0. The van der Waals surface area contributed by atoms with Crippen molar-refractivity contribution in [3.05, 3.63) is 34.3 Å². The van der Waals surface area contributed by atoms with Crippen molar-refractivity contribution in [1.29, 1.82) is 0 Å². The first-order chi connectivity index (χ1) is 7.66. The Balaban J connectivity index is 2.02. The molecule has 0 N–H and O–H groups in total. The van der Waals surface area contributed by atoms with Gasteiger partial charge in [0.2, 0.25) is 0 Å². The van der Waals surface area contributed by atoms with Crippen molar-refractivity contribution < 1.29 is 4.79 Å². The number of Topliss-reactive ketones (excluding diaryl/α,β-unsaturated/α-hetero) is 1. The van der Waals surface area contributed by atoms with Crippen LogP contribution in [0.15, 0.2) is 28.7 Å². The molecule has 1 aliphatic rings. The van der Waals surface area contributed by atoms with Crippen LogP contribution in [0.25, 0.3) is 0 Å². The average Bonchev–Trinajstić information content (AvgIpc) is 2.64. The van der Waals surface area contributed by atoms with Crippen LogP contribution in [-0.2, 0) is 11.2 Å². The van der Waals surface area contributed by atoms with Crippen molar-refractivity contribution in [2.45, 2.75) is 32.6 Å². The van der Waals surface area contributed by atoms with E-state index in [1.807, 2.05) is 24.3 Å². The molecule has 0 aliphatic heterocycles. The molecule has 0 aromatic heterocycles. The Morgan fingerprint density at radius 1 is 1.44 bits per heavy atom. The molecule has 0 spiro atoms. The summed E-state index contributed by atoms with van der Waals surface area (Å²) in [5, 5.41) is 0. The second kappa shape index (κ2) is 5.13. The number of ketones is 1. The van der Waals surface area contributed by atoms with Gasteiger partial charge in [0.05, 0.1) is 0 Å². The van der Waals surface area contributed by atoms with Crippen molar-refractivity contribution in [3.8, 4) is 0 Å². The maximum Gasteiger partial charge on any atom is 0.140 e. The summed E-state index contributed by atoms with van der Waals surface area (Å²) in [6, 6.07) is 8.05. The van der Waals surface area contributed by atoms with Gasteiger partial charge in [-0.2, -0.15) is 0 Å². The summed E-state index contributed by atoms with van der Waals surface area (Å²) in [6.07, 6.45) is 4.12. The molecule has 1 saturated carbocycles. The zero-order valence-electron chi connectivity index (χ0n) is 9.58. The molecule has 0 saturated heterocycles. The molecule has 2 unspecified atom stereocenters. The molecule has 86 valence electrons. The van der Waals surface area contributed by atoms with E-state index >= 15 is 0 Å². The van der Waals surface area contributed by atoms with Gasteiger partial charge in [-0.15, -0.1) is 0 Å². The Morgan fingerprint density at radius 2 is 2.25 bits per heavy atom. The van der Waals surface area contributed by atoms with Crippen molar-refractivity contribution in [2.24, 2.45) is 11.8 Å². The SMILES string of the molecule is CC1CCCC1C(=O)Cc1cccc(Br)c1. The Hall–Kier alpha value is -0.630. The van der Waals surface area contributed by atoms with Crippen molar-refractivity contribution in [1.82, 2.24) is 0 Å². The molecule has 2 heteroatoms. The molecule has 1 aromatic carbocycles. The normalized spacial score (nSPS) is 24.6. The Labute approximate surface area is 105 Å². The number of carbonyl (C=O) groups is 1. The van der Waals surface area contributed by atoms with E-state index in [0.29, 0.717) is 24.0 Å². The van der Waals surface area contributed by atoms with E-state index in [1.165, 1.54) is 12.8 Å². The van der Waals surface area contributed by atoms with E-state index in [9.17, 15) is 4.79 Å². The molecule has 16 heavy (non-hydrogen) atoms. The minimum atomic E-state index is 0.305. The molecule has 0 amide bonds. The maximum atomic E-state index is 12.1. The minimum Gasteiger partial charge on any atom is -0.299 e. The first-order valence-corrected chi connectivity index (χ1v) is 6.73. The highest BCUT2D eigenvalue weighted by Gasteiger charge is 2.29. The molecular weight excluding hydrogens is 264 g/mol. The lowest BCUT2D eigenvalue weighted by molar-refractivity contribution is -0.123. The van der Waals surface area contributed by atoms with E-state index < -0.39 is 0 Å². The molecule has 1 nitrogen and oxygen atoms in total. The van der Waals surface area contributed by atoms with Crippen LogP contribution in [0.4, 0.5) is 0 Å². The monoisotopic (exact) mass is 280 g/mol. The highest BCUT2D eigenvalue weighted by atomic mass is 79.9. The fourth-order valence-corrected chi connectivity index (χ4v) is 3.05. The van der Waals surface area contributed by atoms with E-state index in [4.69, 9.17) is 0 Å². The van der Waals surface area contributed by atoms with Crippen LogP contribution < -0.4 is 0 Å². The number of halogens is 1. The quantitative estimate of drug-likeness (QED) is 0.818. The van der Waals surface area contributed by atoms with Crippen LogP contribution in [0.3, 0.4) is 0 Å². The summed E-state index contributed by atoms with van der Waals surface area (Å²) in [4.78, 5) is 12.1. The molecule has 1 aliphatic carbocycles. The fraction of sp³-hybridized carbons (Fsp3) is 0.500. The third-order valence-electron chi connectivity index (χ3n) is 3.54. The summed E-state index contributed by atoms with van der Waals surface area (Å²) in [6.45, 7) is 2.20. The van der Waals surface area contributed by atoms with Gasteiger partial charge in [-0.05, 0) is 36.5 Å². The summed E-state index contributed by atoms with van der Waals surface area (Å²) < 4.78 is 1.05. The van der Waals surface area contributed by atoms with Crippen molar-refractivity contribution >= 4 is 21.7 Å². The highest BCUT2D eigenvalue weighted by Crippen LogP contribution is 2.32. The van der Waals surface area contributed by atoms with Gasteiger partial charge in [-0.3, -0.25) is 4.79 Å². The summed E-state index contributed by atoms with van der Waals surface area (Å²) in [5.41, 5.74) is 1.12. The van der Waals surface area contributed by atoms with Gasteiger partial charge >= 0.3 is 0 Å². The predicted octanol–water partition coefficient (Wildman–Crippen LogP) is 4.00. The van der Waals surface area contributed by atoms with Gasteiger partial charge in [0, 0.05) is 16.8 Å². The van der Waals surface area contributed by atoms with Gasteiger partial charge in [-0.1, -0.05) is 41.4 Å². The van der Waals surface area contributed by atoms with Crippen LogP contribution in [-0.4, -0.2) is 5.78 Å². The minimum absolute atomic E-state index is 0.305. The number of hydrogen-bond donors (Lipinski definition) is 0. The maximum absolute atomic E-state index is 12.1. The van der Waals surface area contributed by atoms with Crippen LogP contribution in [0, 0.1) is 11.8 Å². The van der Waals surface area contributed by atoms with E-state index in [-0.39, 0.29) is 0 Å². The van der Waals surface area contributed by atoms with Gasteiger partial charge in [0.25, 0.3) is 0 Å². The first-order valence-electron chi connectivity index (χ1n) is 5.94. The second-order valence-corrected chi connectivity index (χ2v) is 5.70. The Kier molecular flexibility index (Phi) is 3.80. The number of hydrogen-bond acceptors (Lipinski definition) is 1. The van der Waals surface area contributed by atoms with Crippen LogP contribution in [0.1, 0.15) is 31.7 Å². The predicted molar refractivity (Wildman–Crippen MR) is 69.4 cm³/mol. The lowest BCUT2D eigenvalue weighted by Gasteiger charge is -2.13. The largest absolute Gasteiger partial charge is 0.299 e. The van der Waals surface area contributed by atoms with Crippen LogP contribution >= 0.6 is 15.9 Å². The molecular formula is C14H17BrO. The molecule has 0 heterocycles. The Bertz CT molecular complexity index is 386. The molecule has 1 aromatic rings. The average molecular weight is 281 g/mol. The third kappa shape index (κ3) is 2.73. The number of rotatable bonds is 3. The first kappa shape index (κ1) is 11.8. The smallest absolute Gasteiger partial charge is 0.140 e. The Morgan fingerprint density at radius 3 is 2.88 bits per heavy atom. The standard InChI is InChI=1S/C14H17BrO/c1-10-4-2-7-13(10)14(16)9-11-5-3-6-12(15)8-11/h3,5-6,8,10,13H,2,4,7,9H2,1H3. The van der Waals surface area contributed by atoms with E-state index in [1.54, 1.807) is 0 Å². The van der Waals surface area contributed by atoms with Gasteiger partial charge in [0.15, 0.2) is 0 Å². The fourth-order valence-electron chi connectivity index (χ4n) is 2.60.